The van der Waals surface area contributed by atoms with Crippen molar-refractivity contribution >= 4 is 23.1 Å². The number of rotatable bonds is 4. The first-order valence-electron chi connectivity index (χ1n) is 9.88. The lowest BCUT2D eigenvalue weighted by Gasteiger charge is -2.33. The molecular formula is C23H22F2N2O3. The molecule has 2 aromatic rings. The zero-order chi connectivity index (χ0) is 21.4. The lowest BCUT2D eigenvalue weighted by atomic mass is 9.97. The van der Waals surface area contributed by atoms with Crippen LogP contribution in [0.25, 0.3) is 5.57 Å². The first-order valence-corrected chi connectivity index (χ1v) is 9.88. The van der Waals surface area contributed by atoms with Crippen LogP contribution in [0.1, 0.15) is 25.3 Å². The van der Waals surface area contributed by atoms with Crippen molar-refractivity contribution in [3.05, 3.63) is 65.4 Å². The second-order valence-corrected chi connectivity index (χ2v) is 7.66. The highest BCUT2D eigenvalue weighted by Crippen LogP contribution is 2.40. The Balaban J connectivity index is 1.88. The molecule has 2 aliphatic heterocycles. The third-order valence-electron chi connectivity index (χ3n) is 5.56. The van der Waals surface area contributed by atoms with Gasteiger partial charge in [-0.3, -0.25) is 9.59 Å². The normalized spacial score (nSPS) is 19.7. The number of nitrogens with zero attached hydrogens (tertiary/aromatic N) is 2. The van der Waals surface area contributed by atoms with Crippen LogP contribution in [0.5, 0.6) is 5.75 Å². The number of likely N-dealkylation sites (tertiary alicyclic amines) is 1. The molecule has 1 unspecified atom stereocenters. The van der Waals surface area contributed by atoms with Crippen molar-refractivity contribution in [3.8, 4) is 5.75 Å². The summed E-state index contributed by atoms with van der Waals surface area (Å²) in [6, 6.07) is 9.74. The number of carbonyl (C=O) groups excluding carboxylic acids is 2. The fourth-order valence-corrected chi connectivity index (χ4v) is 4.18. The quantitative estimate of drug-likeness (QED) is 0.713. The number of hydrogen-bond donors (Lipinski definition) is 0. The molecule has 0 spiro atoms. The van der Waals surface area contributed by atoms with E-state index >= 15 is 0 Å². The van der Waals surface area contributed by atoms with Crippen LogP contribution in [-0.2, 0) is 9.59 Å². The van der Waals surface area contributed by atoms with Gasteiger partial charge in [0.05, 0.1) is 18.4 Å². The summed E-state index contributed by atoms with van der Waals surface area (Å²) < 4.78 is 33.3. The van der Waals surface area contributed by atoms with Crippen molar-refractivity contribution in [2.45, 2.75) is 19.8 Å². The molecule has 156 valence electrons. The van der Waals surface area contributed by atoms with Crippen molar-refractivity contribution in [3.63, 3.8) is 0 Å². The van der Waals surface area contributed by atoms with Gasteiger partial charge in [-0.15, -0.1) is 0 Å². The van der Waals surface area contributed by atoms with E-state index in [0.29, 0.717) is 36.4 Å². The largest absolute Gasteiger partial charge is 0.496 e. The summed E-state index contributed by atoms with van der Waals surface area (Å²) in [6.07, 6.45) is 1.92. The minimum Gasteiger partial charge on any atom is -0.496 e. The van der Waals surface area contributed by atoms with Crippen LogP contribution in [0.4, 0.5) is 14.5 Å². The van der Waals surface area contributed by atoms with E-state index in [-0.39, 0.29) is 17.0 Å². The van der Waals surface area contributed by atoms with Crippen molar-refractivity contribution in [2.24, 2.45) is 5.92 Å². The van der Waals surface area contributed by atoms with Crippen molar-refractivity contribution in [1.82, 2.24) is 4.90 Å². The molecule has 0 aliphatic carbocycles. The smallest absolute Gasteiger partial charge is 0.282 e. The first kappa shape index (κ1) is 20.1. The van der Waals surface area contributed by atoms with E-state index in [1.807, 2.05) is 4.90 Å². The van der Waals surface area contributed by atoms with E-state index in [2.05, 4.69) is 6.92 Å². The highest BCUT2D eigenvalue weighted by Gasteiger charge is 2.44. The Labute approximate surface area is 173 Å². The standard InChI is InChI=1S/C23H22F2N2O3/c1-14-6-5-11-26(13-14)21-20(16-7-3-4-8-19(16)30-2)22(28)27(23(21)29)18-10-9-15(24)12-17(18)25/h3-4,7-10,12,14H,5-6,11,13H2,1-2H3. The fraction of sp³-hybridized carbons (Fsp3) is 0.304. The molecule has 0 bridgehead atoms. The predicted molar refractivity (Wildman–Crippen MR) is 109 cm³/mol. The Hall–Kier alpha value is -3.22. The zero-order valence-electron chi connectivity index (χ0n) is 16.8. The molecule has 0 N–H and O–H groups in total. The summed E-state index contributed by atoms with van der Waals surface area (Å²) in [4.78, 5) is 29.6. The van der Waals surface area contributed by atoms with Crippen molar-refractivity contribution < 1.29 is 23.1 Å². The molecule has 7 heteroatoms. The van der Waals surface area contributed by atoms with Gasteiger partial charge in [0.2, 0.25) is 0 Å². The van der Waals surface area contributed by atoms with Crippen molar-refractivity contribution in [2.75, 3.05) is 25.1 Å². The summed E-state index contributed by atoms with van der Waals surface area (Å²) in [5.41, 5.74) is 0.616. The van der Waals surface area contributed by atoms with E-state index in [0.717, 1.165) is 29.9 Å². The molecule has 2 heterocycles. The lowest BCUT2D eigenvalue weighted by Crippen LogP contribution is -2.39. The molecule has 5 nitrogen and oxygen atoms in total. The molecule has 1 fully saturated rings. The molecule has 1 saturated heterocycles. The molecule has 2 aromatic carbocycles. The number of methoxy groups -OCH3 is 1. The Morgan fingerprint density at radius 3 is 2.53 bits per heavy atom. The first-order chi connectivity index (χ1) is 14.4. The van der Waals surface area contributed by atoms with Crippen LogP contribution in [0.2, 0.25) is 0 Å². The van der Waals surface area contributed by atoms with Gasteiger partial charge < -0.3 is 9.64 Å². The molecular weight excluding hydrogens is 390 g/mol. The molecule has 0 aromatic heterocycles. The number of hydrogen-bond acceptors (Lipinski definition) is 4. The summed E-state index contributed by atoms with van der Waals surface area (Å²) in [6.45, 7) is 3.33. The summed E-state index contributed by atoms with van der Waals surface area (Å²) in [7, 11) is 1.49. The number of amides is 2. The summed E-state index contributed by atoms with van der Waals surface area (Å²) in [5.74, 6) is -2.21. The number of para-hydroxylation sites is 1. The van der Waals surface area contributed by atoms with Crippen LogP contribution in [0, 0.1) is 17.6 Å². The number of ether oxygens (including phenoxy) is 1. The molecule has 0 radical (unpaired) electrons. The number of anilines is 1. The van der Waals surface area contributed by atoms with Gasteiger partial charge in [-0.2, -0.15) is 0 Å². The van der Waals surface area contributed by atoms with E-state index in [4.69, 9.17) is 4.74 Å². The number of imide groups is 1. The fourth-order valence-electron chi connectivity index (χ4n) is 4.18. The monoisotopic (exact) mass is 412 g/mol. The SMILES string of the molecule is COc1ccccc1C1=C(N2CCCC(C)C2)C(=O)N(c2ccc(F)cc2F)C1=O. The van der Waals surface area contributed by atoms with Crippen LogP contribution in [0.15, 0.2) is 48.2 Å². The lowest BCUT2D eigenvalue weighted by molar-refractivity contribution is -0.120. The van der Waals surface area contributed by atoms with Gasteiger partial charge in [0.15, 0.2) is 0 Å². The van der Waals surface area contributed by atoms with E-state index in [9.17, 15) is 18.4 Å². The second kappa shape index (κ2) is 7.89. The average Bonchev–Trinajstić information content (AvgIpc) is 2.98. The van der Waals surface area contributed by atoms with Gasteiger partial charge in [-0.25, -0.2) is 13.7 Å². The van der Waals surface area contributed by atoms with Crippen LogP contribution in [-0.4, -0.2) is 36.9 Å². The molecule has 2 amide bonds. The van der Waals surface area contributed by atoms with Gasteiger partial charge in [0.25, 0.3) is 11.8 Å². The number of carbonyl (C=O) groups is 2. The molecule has 2 aliphatic rings. The number of benzene rings is 2. The Kier molecular flexibility index (Phi) is 5.28. The van der Waals surface area contributed by atoms with Gasteiger partial charge in [0, 0.05) is 24.7 Å². The minimum atomic E-state index is -0.968. The topological polar surface area (TPSA) is 49.9 Å². The van der Waals surface area contributed by atoms with Crippen LogP contribution in [0.3, 0.4) is 0 Å². The van der Waals surface area contributed by atoms with Crippen molar-refractivity contribution in [1.29, 1.82) is 0 Å². The maximum absolute atomic E-state index is 14.5. The van der Waals surface area contributed by atoms with Crippen LogP contribution >= 0.6 is 0 Å². The third-order valence-corrected chi connectivity index (χ3v) is 5.56. The summed E-state index contributed by atoms with van der Waals surface area (Å²) >= 11 is 0. The molecule has 0 saturated carbocycles. The Morgan fingerprint density at radius 1 is 1.07 bits per heavy atom. The van der Waals surface area contributed by atoms with E-state index in [1.165, 1.54) is 7.11 Å². The van der Waals surface area contributed by atoms with Gasteiger partial charge in [-0.1, -0.05) is 25.1 Å². The molecule has 1 atom stereocenters. The van der Waals surface area contributed by atoms with Gasteiger partial charge in [0.1, 0.15) is 23.1 Å². The van der Waals surface area contributed by atoms with Gasteiger partial charge >= 0.3 is 0 Å². The Morgan fingerprint density at radius 2 is 1.83 bits per heavy atom. The van der Waals surface area contributed by atoms with Gasteiger partial charge in [-0.05, 0) is 37.0 Å². The summed E-state index contributed by atoms with van der Waals surface area (Å²) in [5, 5.41) is 0. The highest BCUT2D eigenvalue weighted by atomic mass is 19.1. The second-order valence-electron chi connectivity index (χ2n) is 7.66. The highest BCUT2D eigenvalue weighted by molar-refractivity contribution is 6.45. The van der Waals surface area contributed by atoms with E-state index < -0.39 is 23.4 Å². The van der Waals surface area contributed by atoms with Crippen LogP contribution < -0.4 is 9.64 Å². The Bertz CT molecular complexity index is 1050. The minimum absolute atomic E-state index is 0.176. The van der Waals surface area contributed by atoms with E-state index in [1.54, 1.807) is 24.3 Å². The maximum atomic E-state index is 14.5. The number of halogens is 2. The number of piperidine rings is 1. The zero-order valence-corrected chi connectivity index (χ0v) is 16.8. The molecule has 30 heavy (non-hydrogen) atoms. The maximum Gasteiger partial charge on any atom is 0.282 e. The predicted octanol–water partition coefficient (Wildman–Crippen LogP) is 3.99. The third kappa shape index (κ3) is 3.34. The average molecular weight is 412 g/mol. The molecule has 4 rings (SSSR count).